The van der Waals surface area contributed by atoms with Gasteiger partial charge in [-0.05, 0) is 36.8 Å². The lowest BCUT2D eigenvalue weighted by Crippen LogP contribution is -2.36. The maximum absolute atomic E-state index is 14.5. The Bertz CT molecular complexity index is 959. The number of carbonyl (C=O) groups is 2. The Labute approximate surface area is 171 Å². The maximum Gasteiger partial charge on any atom is 0.239 e. The minimum atomic E-state index is -1.02. The van der Waals surface area contributed by atoms with Crippen LogP contribution in [-0.2, 0) is 14.3 Å². The highest BCUT2D eigenvalue weighted by molar-refractivity contribution is 6.13. The summed E-state index contributed by atoms with van der Waals surface area (Å²) in [7, 11) is 0. The van der Waals surface area contributed by atoms with Crippen molar-refractivity contribution in [3.05, 3.63) is 53.8 Å². The van der Waals surface area contributed by atoms with Gasteiger partial charge in [0.2, 0.25) is 11.8 Å². The Hall–Kier alpha value is -3.07. The van der Waals surface area contributed by atoms with Crippen molar-refractivity contribution in [2.45, 2.75) is 6.42 Å². The number of morpholine rings is 1. The standard InChI is InChI=1S/C21H20F3N3O3/c22-13-9-14(23)11-16(10-13)27-4-3-17(21(27)29)20(28)25-15-1-2-19(18(24)12-15)26-5-7-30-8-6-26/h1-2,9-12,17H,3-8H2,(H,25,28). The fraction of sp³-hybridized carbons (Fsp3) is 0.333. The van der Waals surface area contributed by atoms with E-state index in [0.717, 1.165) is 12.1 Å². The van der Waals surface area contributed by atoms with Crippen LogP contribution in [0.1, 0.15) is 6.42 Å². The molecule has 9 heteroatoms. The predicted molar refractivity (Wildman–Crippen MR) is 105 cm³/mol. The van der Waals surface area contributed by atoms with E-state index in [1.54, 1.807) is 12.1 Å². The summed E-state index contributed by atoms with van der Waals surface area (Å²) in [6.45, 7) is 2.36. The van der Waals surface area contributed by atoms with Gasteiger partial charge >= 0.3 is 0 Å². The van der Waals surface area contributed by atoms with E-state index >= 15 is 0 Å². The van der Waals surface area contributed by atoms with Crippen LogP contribution in [0.2, 0.25) is 0 Å². The van der Waals surface area contributed by atoms with E-state index in [9.17, 15) is 22.8 Å². The van der Waals surface area contributed by atoms with Crippen LogP contribution in [0, 0.1) is 23.4 Å². The number of nitrogens with one attached hydrogen (secondary N) is 1. The van der Waals surface area contributed by atoms with E-state index in [1.165, 1.54) is 11.0 Å². The number of benzene rings is 2. The number of ether oxygens (including phenoxy) is 1. The van der Waals surface area contributed by atoms with Gasteiger partial charge in [0.1, 0.15) is 23.4 Å². The molecule has 4 rings (SSSR count). The third kappa shape index (κ3) is 4.11. The van der Waals surface area contributed by atoms with Crippen LogP contribution in [0.25, 0.3) is 0 Å². The summed E-state index contributed by atoms with van der Waals surface area (Å²) in [5.41, 5.74) is 0.721. The van der Waals surface area contributed by atoms with E-state index in [0.29, 0.717) is 38.1 Å². The second kappa shape index (κ2) is 8.35. The van der Waals surface area contributed by atoms with Gasteiger partial charge in [-0.25, -0.2) is 13.2 Å². The van der Waals surface area contributed by atoms with Crippen molar-refractivity contribution in [1.29, 1.82) is 0 Å². The highest BCUT2D eigenvalue weighted by Crippen LogP contribution is 2.29. The van der Waals surface area contributed by atoms with Crippen LogP contribution in [0.4, 0.5) is 30.2 Å². The van der Waals surface area contributed by atoms with Crippen LogP contribution in [-0.4, -0.2) is 44.7 Å². The molecule has 2 heterocycles. The van der Waals surface area contributed by atoms with Crippen molar-refractivity contribution in [2.24, 2.45) is 5.92 Å². The summed E-state index contributed by atoms with van der Waals surface area (Å²) in [5.74, 6) is -4.24. The lowest BCUT2D eigenvalue weighted by atomic mass is 10.1. The molecule has 1 atom stereocenters. The van der Waals surface area contributed by atoms with Crippen molar-refractivity contribution in [1.82, 2.24) is 0 Å². The highest BCUT2D eigenvalue weighted by Gasteiger charge is 2.38. The summed E-state index contributed by atoms with van der Waals surface area (Å²) in [4.78, 5) is 28.2. The number of nitrogens with zero attached hydrogens (tertiary/aromatic N) is 2. The Morgan fingerprint density at radius 3 is 2.37 bits per heavy atom. The lowest BCUT2D eigenvalue weighted by Gasteiger charge is -2.29. The predicted octanol–water partition coefficient (Wildman–Crippen LogP) is 2.93. The first-order valence-electron chi connectivity index (χ1n) is 9.63. The number of halogens is 3. The minimum Gasteiger partial charge on any atom is -0.378 e. The Morgan fingerprint density at radius 1 is 1.00 bits per heavy atom. The number of hydrogen-bond acceptors (Lipinski definition) is 4. The third-order valence-electron chi connectivity index (χ3n) is 5.25. The first-order chi connectivity index (χ1) is 14.4. The molecular formula is C21H20F3N3O3. The zero-order chi connectivity index (χ0) is 21.3. The quantitative estimate of drug-likeness (QED) is 0.775. The number of rotatable bonds is 4. The van der Waals surface area contributed by atoms with Gasteiger partial charge in [-0.2, -0.15) is 0 Å². The second-order valence-electron chi connectivity index (χ2n) is 7.21. The molecule has 2 aromatic carbocycles. The molecule has 2 aliphatic heterocycles. The molecule has 2 aliphatic rings. The molecule has 6 nitrogen and oxygen atoms in total. The fourth-order valence-electron chi connectivity index (χ4n) is 3.75. The van der Waals surface area contributed by atoms with Gasteiger partial charge in [0, 0.05) is 37.1 Å². The van der Waals surface area contributed by atoms with Crippen molar-refractivity contribution in [3.8, 4) is 0 Å². The normalized spacial score (nSPS) is 19.3. The fourth-order valence-corrected chi connectivity index (χ4v) is 3.75. The Kier molecular flexibility index (Phi) is 5.63. The van der Waals surface area contributed by atoms with Crippen LogP contribution in [0.3, 0.4) is 0 Å². The minimum absolute atomic E-state index is 0.0636. The van der Waals surface area contributed by atoms with Crippen LogP contribution < -0.4 is 15.1 Å². The molecule has 2 amide bonds. The van der Waals surface area contributed by atoms with Gasteiger partial charge in [-0.3, -0.25) is 9.59 Å². The molecule has 158 valence electrons. The average Bonchev–Trinajstić information content (AvgIpc) is 3.09. The highest BCUT2D eigenvalue weighted by atomic mass is 19.1. The SMILES string of the molecule is O=C(Nc1ccc(N2CCOCC2)c(F)c1)C1CCN(c2cc(F)cc(F)c2)C1=O. The molecule has 0 aliphatic carbocycles. The topological polar surface area (TPSA) is 61.9 Å². The van der Waals surface area contributed by atoms with Crippen LogP contribution >= 0.6 is 0 Å². The summed E-state index contributed by atoms with van der Waals surface area (Å²) in [5, 5.41) is 2.56. The van der Waals surface area contributed by atoms with Gasteiger partial charge < -0.3 is 19.9 Å². The van der Waals surface area contributed by atoms with Crippen molar-refractivity contribution < 1.29 is 27.5 Å². The van der Waals surface area contributed by atoms with Crippen LogP contribution in [0.5, 0.6) is 0 Å². The van der Waals surface area contributed by atoms with Crippen molar-refractivity contribution in [3.63, 3.8) is 0 Å². The van der Waals surface area contributed by atoms with E-state index in [1.807, 2.05) is 4.90 Å². The largest absolute Gasteiger partial charge is 0.378 e. The van der Waals surface area contributed by atoms with Crippen molar-refractivity contribution in [2.75, 3.05) is 48.0 Å². The summed E-state index contributed by atoms with van der Waals surface area (Å²) in [6, 6.07) is 7.16. The molecular weight excluding hydrogens is 399 g/mol. The Morgan fingerprint density at radius 2 is 1.70 bits per heavy atom. The van der Waals surface area contributed by atoms with Gasteiger partial charge in [-0.15, -0.1) is 0 Å². The maximum atomic E-state index is 14.5. The lowest BCUT2D eigenvalue weighted by molar-refractivity contribution is -0.129. The first kappa shape index (κ1) is 20.2. The zero-order valence-corrected chi connectivity index (χ0v) is 16.0. The molecule has 0 saturated carbocycles. The molecule has 30 heavy (non-hydrogen) atoms. The smallest absolute Gasteiger partial charge is 0.239 e. The van der Waals surface area contributed by atoms with Gasteiger partial charge in [-0.1, -0.05) is 0 Å². The zero-order valence-electron chi connectivity index (χ0n) is 16.0. The van der Waals surface area contributed by atoms with Gasteiger partial charge in [0.25, 0.3) is 0 Å². The monoisotopic (exact) mass is 419 g/mol. The molecule has 1 N–H and O–H groups in total. The first-order valence-corrected chi connectivity index (χ1v) is 9.63. The third-order valence-corrected chi connectivity index (χ3v) is 5.25. The van der Waals surface area contributed by atoms with E-state index < -0.39 is 35.2 Å². The van der Waals surface area contributed by atoms with E-state index in [-0.39, 0.29) is 24.3 Å². The molecule has 2 fully saturated rings. The van der Waals surface area contributed by atoms with Gasteiger partial charge in [0.15, 0.2) is 0 Å². The summed E-state index contributed by atoms with van der Waals surface area (Å²) >= 11 is 0. The molecule has 2 aromatic rings. The van der Waals surface area contributed by atoms with Crippen LogP contribution in [0.15, 0.2) is 36.4 Å². The molecule has 2 saturated heterocycles. The van der Waals surface area contributed by atoms with Crippen molar-refractivity contribution >= 4 is 28.9 Å². The molecule has 0 spiro atoms. The summed E-state index contributed by atoms with van der Waals surface area (Å²) in [6.07, 6.45) is 0.192. The average molecular weight is 419 g/mol. The number of carbonyl (C=O) groups excluding carboxylic acids is 2. The second-order valence-corrected chi connectivity index (χ2v) is 7.21. The molecule has 0 radical (unpaired) electrons. The van der Waals surface area contributed by atoms with E-state index in [2.05, 4.69) is 5.32 Å². The Balaban J connectivity index is 1.44. The number of hydrogen-bond donors (Lipinski definition) is 1. The summed E-state index contributed by atoms with van der Waals surface area (Å²) < 4.78 is 46.7. The molecule has 0 aromatic heterocycles. The van der Waals surface area contributed by atoms with Gasteiger partial charge in [0.05, 0.1) is 18.9 Å². The molecule has 0 bridgehead atoms. The number of amides is 2. The molecule has 1 unspecified atom stereocenters. The number of anilines is 3. The van der Waals surface area contributed by atoms with E-state index in [4.69, 9.17) is 4.74 Å².